The van der Waals surface area contributed by atoms with Gasteiger partial charge in [0.25, 0.3) is 0 Å². The highest BCUT2D eigenvalue weighted by Crippen LogP contribution is 2.16. The van der Waals surface area contributed by atoms with Gasteiger partial charge in [-0.3, -0.25) is 4.79 Å². The summed E-state index contributed by atoms with van der Waals surface area (Å²) in [6.45, 7) is 6.38. The van der Waals surface area contributed by atoms with Crippen molar-refractivity contribution in [3.8, 4) is 5.75 Å². The van der Waals surface area contributed by atoms with Crippen molar-refractivity contribution in [1.82, 2.24) is 15.5 Å². The number of hydrogen-bond donors (Lipinski definition) is 2. The average Bonchev–Trinajstić information content (AvgIpc) is 2.55. The smallest absolute Gasteiger partial charge is 0.243 e. The van der Waals surface area contributed by atoms with E-state index >= 15 is 0 Å². The third kappa shape index (κ3) is 7.13. The second kappa shape index (κ2) is 10.3. The van der Waals surface area contributed by atoms with Crippen LogP contribution < -0.4 is 15.4 Å². The minimum Gasteiger partial charge on any atom is -0.486 e. The molecule has 0 saturated carbocycles. The van der Waals surface area contributed by atoms with Crippen LogP contribution in [0.4, 0.5) is 4.39 Å². The third-order valence-electron chi connectivity index (χ3n) is 3.01. The molecular formula is C17H25FN4O2. The fourth-order valence-corrected chi connectivity index (χ4v) is 1.67. The van der Waals surface area contributed by atoms with Gasteiger partial charge in [-0.15, -0.1) is 6.58 Å². The molecule has 0 aliphatic carbocycles. The molecule has 7 heteroatoms. The summed E-state index contributed by atoms with van der Waals surface area (Å²) in [5, 5.41) is 6.08. The molecule has 2 N–H and O–H groups in total. The molecule has 1 amide bonds. The van der Waals surface area contributed by atoms with Crippen molar-refractivity contribution < 1.29 is 13.9 Å². The molecule has 24 heavy (non-hydrogen) atoms. The van der Waals surface area contributed by atoms with E-state index in [0.717, 1.165) is 0 Å². The van der Waals surface area contributed by atoms with E-state index in [4.69, 9.17) is 4.74 Å². The summed E-state index contributed by atoms with van der Waals surface area (Å²) in [7, 11) is 3.35. The summed E-state index contributed by atoms with van der Waals surface area (Å²) in [6, 6.07) is 6.24. The van der Waals surface area contributed by atoms with E-state index in [2.05, 4.69) is 22.2 Å². The van der Waals surface area contributed by atoms with Crippen LogP contribution >= 0.6 is 0 Å². The minimum absolute atomic E-state index is 0.0298. The molecule has 0 radical (unpaired) electrons. The van der Waals surface area contributed by atoms with Gasteiger partial charge in [-0.2, -0.15) is 0 Å². The van der Waals surface area contributed by atoms with Crippen molar-refractivity contribution in [2.24, 2.45) is 4.99 Å². The van der Waals surface area contributed by atoms with Crippen LogP contribution in [0.3, 0.4) is 0 Å². The highest BCUT2D eigenvalue weighted by Gasteiger charge is 2.09. The van der Waals surface area contributed by atoms with Gasteiger partial charge in [0.15, 0.2) is 17.5 Å². The number of para-hydroxylation sites is 1. The number of aliphatic imine (C=N–C) groups is 1. The zero-order valence-electron chi connectivity index (χ0n) is 14.4. The third-order valence-corrected chi connectivity index (χ3v) is 3.01. The molecule has 1 rings (SSSR count). The first-order valence-electron chi connectivity index (χ1n) is 7.68. The summed E-state index contributed by atoms with van der Waals surface area (Å²) in [4.78, 5) is 17.3. The lowest BCUT2D eigenvalue weighted by Crippen LogP contribution is -2.42. The second-order valence-electron chi connectivity index (χ2n) is 5.36. The lowest BCUT2D eigenvalue weighted by molar-refractivity contribution is -0.127. The van der Waals surface area contributed by atoms with Crippen molar-refractivity contribution in [1.29, 1.82) is 0 Å². The molecule has 0 spiro atoms. The topological polar surface area (TPSA) is 66.0 Å². The van der Waals surface area contributed by atoms with E-state index in [0.29, 0.717) is 19.0 Å². The number of ether oxygens (including phenoxy) is 1. The number of nitrogens with one attached hydrogen (secondary N) is 2. The fraction of sp³-hybridized carbons (Fsp3) is 0.412. The molecule has 1 atom stereocenters. The number of benzene rings is 1. The van der Waals surface area contributed by atoms with Crippen LogP contribution in [0.5, 0.6) is 5.75 Å². The zero-order chi connectivity index (χ0) is 17.9. The van der Waals surface area contributed by atoms with Gasteiger partial charge < -0.3 is 20.3 Å². The van der Waals surface area contributed by atoms with E-state index < -0.39 is 5.82 Å². The Morgan fingerprint density at radius 3 is 2.75 bits per heavy atom. The number of carbonyl (C=O) groups is 1. The number of likely N-dealkylation sites (N-methyl/N-ethyl adjacent to an activating group) is 1. The van der Waals surface area contributed by atoms with E-state index in [9.17, 15) is 9.18 Å². The van der Waals surface area contributed by atoms with E-state index in [1.807, 2.05) is 6.92 Å². The van der Waals surface area contributed by atoms with Crippen molar-refractivity contribution in [3.63, 3.8) is 0 Å². The first-order chi connectivity index (χ1) is 11.4. The normalized spacial score (nSPS) is 12.2. The largest absolute Gasteiger partial charge is 0.486 e. The maximum atomic E-state index is 13.6. The Labute approximate surface area is 142 Å². The molecule has 0 aliphatic heterocycles. The number of rotatable bonds is 8. The molecular weight excluding hydrogens is 311 g/mol. The van der Waals surface area contributed by atoms with Crippen LogP contribution in [0, 0.1) is 5.82 Å². The van der Waals surface area contributed by atoms with Gasteiger partial charge in [-0.1, -0.05) is 18.2 Å². The zero-order valence-corrected chi connectivity index (χ0v) is 14.4. The molecule has 0 aromatic heterocycles. The van der Waals surface area contributed by atoms with Crippen molar-refractivity contribution in [2.75, 3.05) is 33.7 Å². The van der Waals surface area contributed by atoms with Crippen LogP contribution in [-0.2, 0) is 4.79 Å². The Morgan fingerprint density at radius 1 is 1.42 bits per heavy atom. The summed E-state index contributed by atoms with van der Waals surface area (Å²) < 4.78 is 19.1. The summed E-state index contributed by atoms with van der Waals surface area (Å²) in [5.74, 6) is 0.158. The lowest BCUT2D eigenvalue weighted by atomic mass is 10.3. The lowest BCUT2D eigenvalue weighted by Gasteiger charge is -2.18. The van der Waals surface area contributed by atoms with Crippen molar-refractivity contribution >= 4 is 11.9 Å². The number of guanidine groups is 1. The van der Waals surface area contributed by atoms with Gasteiger partial charge in [0.05, 0.1) is 6.54 Å². The Balaban J connectivity index is 2.56. The first kappa shape index (κ1) is 19.5. The maximum absolute atomic E-state index is 13.6. The van der Waals surface area contributed by atoms with Gasteiger partial charge >= 0.3 is 0 Å². The van der Waals surface area contributed by atoms with Crippen LogP contribution in [-0.4, -0.2) is 56.6 Å². The second-order valence-corrected chi connectivity index (χ2v) is 5.36. The number of amides is 1. The Morgan fingerprint density at radius 2 is 2.12 bits per heavy atom. The highest BCUT2D eigenvalue weighted by atomic mass is 19.1. The molecule has 6 nitrogen and oxygen atoms in total. The van der Waals surface area contributed by atoms with Gasteiger partial charge in [-0.05, 0) is 19.1 Å². The van der Waals surface area contributed by atoms with Gasteiger partial charge in [0.1, 0.15) is 12.6 Å². The number of halogens is 1. The predicted molar refractivity (Wildman–Crippen MR) is 93.7 cm³/mol. The number of carbonyl (C=O) groups excluding carboxylic acids is 1. The van der Waals surface area contributed by atoms with E-state index in [-0.39, 0.29) is 24.3 Å². The van der Waals surface area contributed by atoms with Gasteiger partial charge in [-0.25, -0.2) is 9.38 Å². The Kier molecular flexibility index (Phi) is 8.32. The molecule has 0 aliphatic rings. The van der Waals surface area contributed by atoms with Crippen molar-refractivity contribution in [2.45, 2.75) is 13.0 Å². The summed E-state index contributed by atoms with van der Waals surface area (Å²) >= 11 is 0. The molecule has 0 bridgehead atoms. The monoisotopic (exact) mass is 336 g/mol. The quantitative estimate of drug-likeness (QED) is 0.428. The standard InChI is InChI=1S/C17H25FN4O2/c1-5-10-19-17(21-12-16(23)22(3)4)20-11-13(2)24-15-9-7-6-8-14(15)18/h5-9,13H,1,10-12H2,2-4H3,(H2,19,20,21). The Bertz CT molecular complexity index is 575. The number of hydrogen-bond acceptors (Lipinski definition) is 3. The molecule has 0 heterocycles. The molecule has 0 fully saturated rings. The molecule has 1 aromatic carbocycles. The molecule has 1 unspecified atom stereocenters. The van der Waals surface area contributed by atoms with E-state index in [1.54, 1.807) is 38.4 Å². The van der Waals surface area contributed by atoms with Gasteiger partial charge in [0.2, 0.25) is 5.91 Å². The summed E-state index contributed by atoms with van der Waals surface area (Å²) in [6.07, 6.45) is 1.40. The summed E-state index contributed by atoms with van der Waals surface area (Å²) in [5.41, 5.74) is 0. The van der Waals surface area contributed by atoms with Crippen LogP contribution in [0.2, 0.25) is 0 Å². The van der Waals surface area contributed by atoms with Crippen LogP contribution in [0.25, 0.3) is 0 Å². The first-order valence-corrected chi connectivity index (χ1v) is 7.68. The molecule has 0 saturated heterocycles. The maximum Gasteiger partial charge on any atom is 0.243 e. The SMILES string of the molecule is C=CCNC(=NCC(=O)N(C)C)NCC(C)Oc1ccccc1F. The molecule has 1 aromatic rings. The van der Waals surface area contributed by atoms with E-state index in [1.165, 1.54) is 11.0 Å². The molecule has 132 valence electrons. The minimum atomic E-state index is -0.403. The van der Waals surface area contributed by atoms with Gasteiger partial charge in [0, 0.05) is 20.6 Å². The highest BCUT2D eigenvalue weighted by molar-refractivity contribution is 5.84. The van der Waals surface area contributed by atoms with Crippen LogP contribution in [0.1, 0.15) is 6.92 Å². The fourth-order valence-electron chi connectivity index (χ4n) is 1.67. The predicted octanol–water partition coefficient (Wildman–Crippen LogP) is 1.40. The van der Waals surface area contributed by atoms with Crippen molar-refractivity contribution in [3.05, 3.63) is 42.7 Å². The average molecular weight is 336 g/mol. The number of nitrogens with zero attached hydrogens (tertiary/aromatic N) is 2. The Hall–Kier alpha value is -2.57. The van der Waals surface area contributed by atoms with Crippen LogP contribution in [0.15, 0.2) is 41.9 Å².